The van der Waals surface area contributed by atoms with E-state index in [1.807, 2.05) is 13.8 Å². The second kappa shape index (κ2) is 5.36. The van der Waals surface area contributed by atoms with Crippen LogP contribution in [0.15, 0.2) is 0 Å². The molecular weight excluding hydrogens is 232 g/mol. The lowest BCUT2D eigenvalue weighted by atomic mass is 10.0. The molecule has 2 saturated heterocycles. The number of Topliss-reactive ketones (excluding diaryl/α,β-unsaturated/α-hetero) is 1. The van der Waals surface area contributed by atoms with Crippen molar-refractivity contribution in [2.75, 3.05) is 39.4 Å². The van der Waals surface area contributed by atoms with Crippen LogP contribution in [0.5, 0.6) is 0 Å². The van der Waals surface area contributed by atoms with Crippen molar-refractivity contribution in [3.05, 3.63) is 0 Å². The Bertz CT molecular complexity index is 335. The minimum Gasteiger partial charge on any atom is -0.379 e. The van der Waals surface area contributed by atoms with Crippen LogP contribution in [0.4, 0.5) is 0 Å². The summed E-state index contributed by atoms with van der Waals surface area (Å²) in [6.45, 7) is 8.33. The number of ether oxygens (including phenoxy) is 1. The number of rotatable bonds is 3. The van der Waals surface area contributed by atoms with Gasteiger partial charge in [-0.05, 0) is 13.8 Å². The van der Waals surface area contributed by atoms with Crippen LogP contribution in [0.3, 0.4) is 0 Å². The molecule has 0 bridgehead atoms. The summed E-state index contributed by atoms with van der Waals surface area (Å²) in [5.74, 6) is 0.263. The van der Waals surface area contributed by atoms with Gasteiger partial charge >= 0.3 is 0 Å². The average Bonchev–Trinajstić information content (AvgIpc) is 2.63. The SMILES string of the molecule is CC1(C)C(=O)CCN1C(=O)CCN1CCOCC1. The maximum Gasteiger partial charge on any atom is 0.224 e. The molecule has 2 aliphatic rings. The molecule has 5 heteroatoms. The fourth-order valence-corrected chi connectivity index (χ4v) is 2.60. The number of nitrogens with zero attached hydrogens (tertiary/aromatic N) is 2. The lowest BCUT2D eigenvalue weighted by molar-refractivity contribution is -0.139. The van der Waals surface area contributed by atoms with Crippen molar-refractivity contribution < 1.29 is 14.3 Å². The number of amides is 1. The first-order chi connectivity index (χ1) is 8.51. The Labute approximate surface area is 108 Å². The van der Waals surface area contributed by atoms with Crippen LogP contribution in [-0.4, -0.2) is 66.4 Å². The number of carbonyl (C=O) groups is 2. The summed E-state index contributed by atoms with van der Waals surface area (Å²) < 4.78 is 5.27. The number of carbonyl (C=O) groups excluding carboxylic acids is 2. The van der Waals surface area contributed by atoms with Gasteiger partial charge in [0, 0.05) is 39.0 Å². The Morgan fingerprint density at radius 2 is 1.94 bits per heavy atom. The average molecular weight is 254 g/mol. The van der Waals surface area contributed by atoms with Gasteiger partial charge < -0.3 is 9.64 Å². The maximum atomic E-state index is 12.2. The van der Waals surface area contributed by atoms with Gasteiger partial charge in [-0.1, -0.05) is 0 Å². The van der Waals surface area contributed by atoms with Crippen molar-refractivity contribution in [3.8, 4) is 0 Å². The van der Waals surface area contributed by atoms with Crippen molar-refractivity contribution in [3.63, 3.8) is 0 Å². The molecule has 5 nitrogen and oxygen atoms in total. The van der Waals surface area contributed by atoms with E-state index in [9.17, 15) is 9.59 Å². The number of morpholine rings is 1. The van der Waals surface area contributed by atoms with Gasteiger partial charge in [-0.3, -0.25) is 14.5 Å². The second-order valence-electron chi connectivity index (χ2n) is 5.48. The van der Waals surface area contributed by atoms with Crippen LogP contribution in [0.2, 0.25) is 0 Å². The monoisotopic (exact) mass is 254 g/mol. The zero-order valence-electron chi connectivity index (χ0n) is 11.3. The largest absolute Gasteiger partial charge is 0.379 e. The molecule has 0 atom stereocenters. The molecular formula is C13H22N2O3. The Morgan fingerprint density at radius 3 is 2.50 bits per heavy atom. The van der Waals surface area contributed by atoms with E-state index in [4.69, 9.17) is 4.74 Å². The molecule has 0 radical (unpaired) electrons. The summed E-state index contributed by atoms with van der Waals surface area (Å²) in [6.07, 6.45) is 0.993. The topological polar surface area (TPSA) is 49.9 Å². The van der Waals surface area contributed by atoms with Crippen molar-refractivity contribution in [2.24, 2.45) is 0 Å². The number of hydrogen-bond donors (Lipinski definition) is 0. The third-order valence-corrected chi connectivity index (χ3v) is 3.97. The van der Waals surface area contributed by atoms with Gasteiger partial charge in [-0.2, -0.15) is 0 Å². The standard InChI is InChI=1S/C13H22N2O3/c1-13(2)11(16)3-6-15(13)12(17)4-5-14-7-9-18-10-8-14/h3-10H2,1-2H3. The second-order valence-corrected chi connectivity index (χ2v) is 5.48. The van der Waals surface area contributed by atoms with Gasteiger partial charge in [0.2, 0.25) is 5.91 Å². The summed E-state index contributed by atoms with van der Waals surface area (Å²) in [7, 11) is 0. The molecule has 2 rings (SSSR count). The maximum absolute atomic E-state index is 12.2. The smallest absolute Gasteiger partial charge is 0.224 e. The summed E-state index contributed by atoms with van der Waals surface area (Å²) in [5.41, 5.74) is -0.609. The van der Waals surface area contributed by atoms with Gasteiger partial charge in [0.15, 0.2) is 5.78 Å². The van der Waals surface area contributed by atoms with Crippen molar-refractivity contribution in [2.45, 2.75) is 32.2 Å². The molecule has 1 amide bonds. The highest BCUT2D eigenvalue weighted by molar-refractivity contribution is 5.95. The lowest BCUT2D eigenvalue weighted by Gasteiger charge is -2.31. The molecule has 0 unspecified atom stereocenters. The Kier molecular flexibility index (Phi) is 4.02. The zero-order chi connectivity index (χ0) is 13.2. The predicted molar refractivity (Wildman–Crippen MR) is 67.3 cm³/mol. The molecule has 18 heavy (non-hydrogen) atoms. The highest BCUT2D eigenvalue weighted by Crippen LogP contribution is 2.25. The van der Waals surface area contributed by atoms with Crippen LogP contribution in [0.25, 0.3) is 0 Å². The van der Waals surface area contributed by atoms with E-state index < -0.39 is 5.54 Å². The molecule has 0 spiro atoms. The highest BCUT2D eigenvalue weighted by atomic mass is 16.5. The fraction of sp³-hybridized carbons (Fsp3) is 0.846. The van der Waals surface area contributed by atoms with Gasteiger partial charge in [0.1, 0.15) is 0 Å². The van der Waals surface area contributed by atoms with Gasteiger partial charge in [0.25, 0.3) is 0 Å². The molecule has 2 aliphatic heterocycles. The van der Waals surface area contributed by atoms with E-state index in [1.54, 1.807) is 4.90 Å². The van der Waals surface area contributed by atoms with E-state index in [-0.39, 0.29) is 11.7 Å². The quantitative estimate of drug-likeness (QED) is 0.726. The Balaban J connectivity index is 1.83. The van der Waals surface area contributed by atoms with E-state index in [1.165, 1.54) is 0 Å². The van der Waals surface area contributed by atoms with E-state index in [0.717, 1.165) is 32.8 Å². The molecule has 0 saturated carbocycles. The summed E-state index contributed by atoms with van der Waals surface area (Å²) >= 11 is 0. The van der Waals surface area contributed by atoms with Gasteiger partial charge in [-0.15, -0.1) is 0 Å². The Hall–Kier alpha value is -0.940. The normalized spacial score (nSPS) is 24.6. The van der Waals surface area contributed by atoms with Gasteiger partial charge in [0.05, 0.1) is 18.8 Å². The predicted octanol–water partition coefficient (Wildman–Crippen LogP) is 0.289. The number of hydrogen-bond acceptors (Lipinski definition) is 4. The minimum atomic E-state index is -0.609. The van der Waals surface area contributed by atoms with E-state index >= 15 is 0 Å². The molecule has 0 aromatic heterocycles. The number of likely N-dealkylation sites (tertiary alicyclic amines) is 1. The molecule has 0 aromatic carbocycles. The third-order valence-electron chi connectivity index (χ3n) is 3.97. The first-order valence-electron chi connectivity index (χ1n) is 6.65. The summed E-state index contributed by atoms with van der Waals surface area (Å²) in [5, 5.41) is 0. The summed E-state index contributed by atoms with van der Waals surface area (Å²) in [6, 6.07) is 0. The molecule has 102 valence electrons. The molecule has 2 heterocycles. The van der Waals surface area contributed by atoms with Crippen LogP contribution in [0, 0.1) is 0 Å². The van der Waals surface area contributed by atoms with Crippen LogP contribution < -0.4 is 0 Å². The highest BCUT2D eigenvalue weighted by Gasteiger charge is 2.42. The van der Waals surface area contributed by atoms with Crippen molar-refractivity contribution in [1.82, 2.24) is 9.80 Å². The van der Waals surface area contributed by atoms with Crippen LogP contribution in [0.1, 0.15) is 26.7 Å². The van der Waals surface area contributed by atoms with Crippen LogP contribution >= 0.6 is 0 Å². The molecule has 0 aromatic rings. The molecule has 0 N–H and O–H groups in total. The van der Waals surface area contributed by atoms with Crippen LogP contribution in [-0.2, 0) is 14.3 Å². The zero-order valence-corrected chi connectivity index (χ0v) is 11.3. The third kappa shape index (κ3) is 2.72. The molecule has 0 aliphatic carbocycles. The first-order valence-corrected chi connectivity index (χ1v) is 6.65. The fourth-order valence-electron chi connectivity index (χ4n) is 2.60. The molecule has 2 fully saturated rings. The first kappa shape index (κ1) is 13.5. The van der Waals surface area contributed by atoms with E-state index in [0.29, 0.717) is 19.4 Å². The number of ketones is 1. The lowest BCUT2D eigenvalue weighted by Crippen LogP contribution is -2.47. The van der Waals surface area contributed by atoms with Crippen molar-refractivity contribution in [1.29, 1.82) is 0 Å². The summed E-state index contributed by atoms with van der Waals surface area (Å²) in [4.78, 5) is 27.8. The van der Waals surface area contributed by atoms with Gasteiger partial charge in [-0.25, -0.2) is 0 Å². The minimum absolute atomic E-state index is 0.0948. The van der Waals surface area contributed by atoms with Crippen molar-refractivity contribution >= 4 is 11.7 Å². The Morgan fingerprint density at radius 1 is 1.28 bits per heavy atom. The van der Waals surface area contributed by atoms with E-state index in [2.05, 4.69) is 4.90 Å².